The molecule has 7 nitrogen and oxygen atoms in total. The molecule has 0 amide bonds. The number of nitrogens with zero attached hydrogens (tertiary/aromatic N) is 2. The predicted molar refractivity (Wildman–Crippen MR) is 95.9 cm³/mol. The van der Waals surface area contributed by atoms with E-state index in [2.05, 4.69) is 15.3 Å². The zero-order valence-electron chi connectivity index (χ0n) is 14.8. The van der Waals surface area contributed by atoms with Gasteiger partial charge in [0.25, 0.3) is 0 Å². The lowest BCUT2D eigenvalue weighted by Crippen LogP contribution is -2.38. The number of ether oxygens (including phenoxy) is 2. The van der Waals surface area contributed by atoms with E-state index in [1.54, 1.807) is 25.7 Å². The number of aromatic nitrogens is 2. The summed E-state index contributed by atoms with van der Waals surface area (Å²) in [6.07, 6.45) is 4.18. The van der Waals surface area contributed by atoms with Crippen LogP contribution < -0.4 is 14.8 Å². The zero-order chi connectivity index (χ0) is 18.4. The van der Waals surface area contributed by atoms with Gasteiger partial charge >= 0.3 is 0 Å². The van der Waals surface area contributed by atoms with Gasteiger partial charge in [-0.2, -0.15) is 0 Å². The number of nitrogens with one attached hydrogen (secondary N) is 1. The highest BCUT2D eigenvalue weighted by molar-refractivity contribution is 5.28. The van der Waals surface area contributed by atoms with E-state index in [1.165, 1.54) is 0 Å². The van der Waals surface area contributed by atoms with Gasteiger partial charge in [-0.25, -0.2) is 4.98 Å². The second-order valence-corrected chi connectivity index (χ2v) is 6.83. The van der Waals surface area contributed by atoms with Crippen molar-refractivity contribution in [3.05, 3.63) is 48.4 Å². The van der Waals surface area contributed by atoms with Crippen molar-refractivity contribution in [1.29, 1.82) is 0 Å². The van der Waals surface area contributed by atoms with Gasteiger partial charge in [0, 0.05) is 30.9 Å². The van der Waals surface area contributed by atoms with Crippen LogP contribution >= 0.6 is 0 Å². The fraction of sp³-hybridized carbons (Fsp3) is 0.474. The lowest BCUT2D eigenvalue weighted by molar-refractivity contribution is 0.0438. The van der Waals surface area contributed by atoms with Gasteiger partial charge in [-0.1, -0.05) is 12.1 Å². The predicted octanol–water partition coefficient (Wildman–Crippen LogP) is 1.16. The molecule has 1 aromatic heterocycles. The van der Waals surface area contributed by atoms with Crippen molar-refractivity contribution in [2.45, 2.75) is 31.6 Å². The fourth-order valence-electron chi connectivity index (χ4n) is 3.40. The summed E-state index contributed by atoms with van der Waals surface area (Å²) in [4.78, 5) is 8.10. The number of hydrogen-bond acceptors (Lipinski definition) is 7. The minimum absolute atomic E-state index is 0.352. The largest absolute Gasteiger partial charge is 0.497 e. The van der Waals surface area contributed by atoms with E-state index < -0.39 is 12.2 Å². The molecule has 3 N–H and O–H groups in total. The monoisotopic (exact) mass is 359 g/mol. The molecule has 0 radical (unpaired) electrons. The second-order valence-electron chi connectivity index (χ2n) is 6.83. The maximum absolute atomic E-state index is 10.0. The SMILES string of the molecule is COc1cccc(CNCC2(COc3cnccn3)CC(O)C(O)C2)c1. The summed E-state index contributed by atoms with van der Waals surface area (Å²) in [5.41, 5.74) is 0.739. The Bertz CT molecular complexity index is 688. The third-order valence-corrected chi connectivity index (χ3v) is 4.76. The number of methoxy groups -OCH3 is 1. The van der Waals surface area contributed by atoms with E-state index >= 15 is 0 Å². The lowest BCUT2D eigenvalue weighted by atomic mass is 9.86. The van der Waals surface area contributed by atoms with E-state index in [4.69, 9.17) is 9.47 Å². The van der Waals surface area contributed by atoms with Crippen molar-refractivity contribution in [3.63, 3.8) is 0 Å². The summed E-state index contributed by atoms with van der Waals surface area (Å²) in [6, 6.07) is 7.86. The average Bonchev–Trinajstić information content (AvgIpc) is 2.95. The molecule has 1 aromatic carbocycles. The van der Waals surface area contributed by atoms with Crippen molar-refractivity contribution in [3.8, 4) is 11.6 Å². The van der Waals surface area contributed by atoms with Crippen LogP contribution in [0.2, 0.25) is 0 Å². The quantitative estimate of drug-likeness (QED) is 0.651. The number of aliphatic hydroxyl groups excluding tert-OH is 2. The molecule has 0 spiro atoms. The van der Waals surface area contributed by atoms with Crippen molar-refractivity contribution in [2.24, 2.45) is 5.41 Å². The van der Waals surface area contributed by atoms with E-state index in [9.17, 15) is 10.2 Å². The van der Waals surface area contributed by atoms with E-state index in [0.29, 0.717) is 38.4 Å². The van der Waals surface area contributed by atoms with Crippen LogP contribution in [-0.2, 0) is 6.54 Å². The molecule has 0 aliphatic heterocycles. The first kappa shape index (κ1) is 18.6. The van der Waals surface area contributed by atoms with E-state index in [-0.39, 0.29) is 5.41 Å². The van der Waals surface area contributed by atoms with Crippen molar-refractivity contribution in [2.75, 3.05) is 20.3 Å². The second kappa shape index (κ2) is 8.44. The maximum Gasteiger partial charge on any atom is 0.232 e. The number of benzene rings is 1. The first-order valence-electron chi connectivity index (χ1n) is 8.69. The third kappa shape index (κ3) is 4.69. The Morgan fingerprint density at radius 3 is 2.73 bits per heavy atom. The maximum atomic E-state index is 10.0. The van der Waals surface area contributed by atoms with Gasteiger partial charge in [-0.3, -0.25) is 4.98 Å². The lowest BCUT2D eigenvalue weighted by Gasteiger charge is -2.29. The molecule has 26 heavy (non-hydrogen) atoms. The zero-order valence-corrected chi connectivity index (χ0v) is 14.8. The van der Waals surface area contributed by atoms with Crippen LogP contribution in [0.25, 0.3) is 0 Å². The average molecular weight is 359 g/mol. The summed E-state index contributed by atoms with van der Waals surface area (Å²) in [7, 11) is 1.65. The van der Waals surface area contributed by atoms with Gasteiger partial charge in [-0.15, -0.1) is 0 Å². The van der Waals surface area contributed by atoms with Gasteiger partial charge in [0.2, 0.25) is 5.88 Å². The molecule has 2 unspecified atom stereocenters. The molecule has 1 fully saturated rings. The molecule has 1 aliphatic rings. The molecule has 2 aromatic rings. The Labute approximate surface area is 153 Å². The molecular formula is C19H25N3O4. The number of rotatable bonds is 8. The highest BCUT2D eigenvalue weighted by Crippen LogP contribution is 2.38. The van der Waals surface area contributed by atoms with Gasteiger partial charge in [-0.05, 0) is 30.5 Å². The standard InChI is InChI=1S/C19H25N3O4/c1-25-15-4-2-3-14(7-15)10-21-12-19(8-16(23)17(24)9-19)13-26-18-11-20-5-6-22-18/h2-7,11,16-17,21,23-24H,8-10,12-13H2,1H3. The van der Waals surface area contributed by atoms with Gasteiger partial charge < -0.3 is 25.0 Å². The number of aliphatic hydroxyl groups is 2. The third-order valence-electron chi connectivity index (χ3n) is 4.76. The Kier molecular flexibility index (Phi) is 6.03. The van der Waals surface area contributed by atoms with Gasteiger partial charge in [0.1, 0.15) is 5.75 Å². The highest BCUT2D eigenvalue weighted by Gasteiger charge is 2.44. The van der Waals surface area contributed by atoms with Crippen LogP contribution in [0.15, 0.2) is 42.9 Å². The highest BCUT2D eigenvalue weighted by atomic mass is 16.5. The Morgan fingerprint density at radius 1 is 1.23 bits per heavy atom. The number of hydrogen-bond donors (Lipinski definition) is 3. The van der Waals surface area contributed by atoms with E-state index in [0.717, 1.165) is 11.3 Å². The van der Waals surface area contributed by atoms with Crippen LogP contribution in [0, 0.1) is 5.41 Å². The van der Waals surface area contributed by atoms with Crippen LogP contribution in [-0.4, -0.2) is 52.7 Å². The van der Waals surface area contributed by atoms with Gasteiger partial charge in [0.05, 0.1) is 32.1 Å². The van der Waals surface area contributed by atoms with Crippen LogP contribution in [0.5, 0.6) is 11.6 Å². The van der Waals surface area contributed by atoms with Gasteiger partial charge in [0.15, 0.2) is 0 Å². The summed E-state index contributed by atoms with van der Waals surface area (Å²) in [5, 5.41) is 23.5. The van der Waals surface area contributed by atoms with E-state index in [1.807, 2.05) is 24.3 Å². The first-order chi connectivity index (χ1) is 12.6. The molecule has 2 atom stereocenters. The molecule has 1 saturated carbocycles. The Morgan fingerprint density at radius 2 is 2.04 bits per heavy atom. The molecule has 3 rings (SSSR count). The smallest absolute Gasteiger partial charge is 0.232 e. The normalized spacial score (nSPS) is 25.2. The molecule has 0 bridgehead atoms. The van der Waals surface area contributed by atoms with Crippen LogP contribution in [0.1, 0.15) is 18.4 Å². The molecule has 1 aliphatic carbocycles. The summed E-state index contributed by atoms with van der Waals surface area (Å²) in [5.74, 6) is 1.26. The minimum Gasteiger partial charge on any atom is -0.497 e. The van der Waals surface area contributed by atoms with Crippen LogP contribution in [0.3, 0.4) is 0 Å². The molecular weight excluding hydrogens is 334 g/mol. The van der Waals surface area contributed by atoms with Crippen molar-refractivity contribution >= 4 is 0 Å². The van der Waals surface area contributed by atoms with Crippen molar-refractivity contribution in [1.82, 2.24) is 15.3 Å². The first-order valence-corrected chi connectivity index (χ1v) is 8.69. The Balaban J connectivity index is 1.60. The fourth-order valence-corrected chi connectivity index (χ4v) is 3.40. The molecule has 140 valence electrons. The Hall–Kier alpha value is -2.22. The summed E-state index contributed by atoms with van der Waals surface area (Å²) >= 11 is 0. The summed E-state index contributed by atoms with van der Waals surface area (Å²) < 4.78 is 11.0. The van der Waals surface area contributed by atoms with Crippen LogP contribution in [0.4, 0.5) is 0 Å². The summed E-state index contributed by atoms with van der Waals surface area (Å²) in [6.45, 7) is 1.62. The molecule has 1 heterocycles. The minimum atomic E-state index is -0.737. The van der Waals surface area contributed by atoms with Crippen molar-refractivity contribution < 1.29 is 19.7 Å². The molecule has 7 heteroatoms. The topological polar surface area (TPSA) is 96.7 Å². The molecule has 0 saturated heterocycles.